The number of aryl methyl sites for hydroxylation is 1. The Morgan fingerprint density at radius 3 is 2.82 bits per heavy atom. The average Bonchev–Trinajstić information content (AvgIpc) is 3.19. The molecule has 0 aromatic carbocycles. The molecule has 5 heteroatoms. The van der Waals surface area contributed by atoms with Crippen molar-refractivity contribution in [2.45, 2.75) is 32.3 Å². The van der Waals surface area contributed by atoms with Crippen molar-refractivity contribution >= 4 is 5.91 Å². The number of morpholine rings is 1. The van der Waals surface area contributed by atoms with Crippen molar-refractivity contribution in [3.8, 4) is 0 Å². The van der Waals surface area contributed by atoms with Crippen molar-refractivity contribution in [1.82, 2.24) is 9.80 Å². The van der Waals surface area contributed by atoms with E-state index < -0.39 is 0 Å². The molecule has 1 aliphatic heterocycles. The highest BCUT2D eigenvalue weighted by Gasteiger charge is 2.31. The van der Waals surface area contributed by atoms with E-state index in [9.17, 15) is 4.79 Å². The molecule has 22 heavy (non-hydrogen) atoms. The number of amides is 1. The van der Waals surface area contributed by atoms with Crippen LogP contribution in [-0.2, 0) is 11.2 Å². The molecular weight excluding hydrogens is 280 g/mol. The molecule has 1 saturated heterocycles. The predicted molar refractivity (Wildman–Crippen MR) is 84.0 cm³/mol. The average molecular weight is 306 g/mol. The summed E-state index contributed by atoms with van der Waals surface area (Å²) in [5, 5.41) is 0. The standard InChI is InChI=1S/C17H26N2O3/c1-3-14-6-7-16(22-14)17(20)19(10-13-4-5-13)12-15-11-18(2)8-9-21-15/h6-7,13,15H,3-5,8-12H2,1-2H3/t15-/m0/s1. The Labute approximate surface area is 132 Å². The fraction of sp³-hybridized carbons (Fsp3) is 0.706. The van der Waals surface area contributed by atoms with Crippen LogP contribution in [0.3, 0.4) is 0 Å². The molecule has 122 valence electrons. The van der Waals surface area contributed by atoms with Crippen LogP contribution >= 0.6 is 0 Å². The van der Waals surface area contributed by atoms with Crippen LogP contribution in [0.4, 0.5) is 0 Å². The number of nitrogens with zero attached hydrogens (tertiary/aromatic N) is 2. The summed E-state index contributed by atoms with van der Waals surface area (Å²) in [7, 11) is 2.10. The van der Waals surface area contributed by atoms with E-state index in [0.717, 1.165) is 38.4 Å². The summed E-state index contributed by atoms with van der Waals surface area (Å²) in [5.74, 6) is 1.99. The van der Waals surface area contributed by atoms with E-state index in [1.807, 2.05) is 17.9 Å². The first kappa shape index (κ1) is 15.6. The molecule has 5 nitrogen and oxygen atoms in total. The van der Waals surface area contributed by atoms with Crippen LogP contribution in [-0.4, -0.2) is 61.6 Å². The minimum absolute atomic E-state index is 0.00317. The molecule has 1 saturated carbocycles. The summed E-state index contributed by atoms with van der Waals surface area (Å²) < 4.78 is 11.5. The minimum Gasteiger partial charge on any atom is -0.456 e. The smallest absolute Gasteiger partial charge is 0.289 e. The van der Waals surface area contributed by atoms with Gasteiger partial charge in [0.2, 0.25) is 0 Å². The van der Waals surface area contributed by atoms with Gasteiger partial charge in [-0.15, -0.1) is 0 Å². The van der Waals surface area contributed by atoms with E-state index in [1.54, 1.807) is 6.07 Å². The molecule has 1 atom stereocenters. The van der Waals surface area contributed by atoms with Crippen LogP contribution in [0.25, 0.3) is 0 Å². The summed E-state index contributed by atoms with van der Waals surface area (Å²) in [4.78, 5) is 16.9. The number of carbonyl (C=O) groups excluding carboxylic acids is 1. The molecule has 1 aromatic heterocycles. The van der Waals surface area contributed by atoms with Crippen LogP contribution in [0.1, 0.15) is 36.1 Å². The van der Waals surface area contributed by atoms with E-state index >= 15 is 0 Å². The van der Waals surface area contributed by atoms with Gasteiger partial charge in [0.25, 0.3) is 5.91 Å². The minimum atomic E-state index is 0.00317. The lowest BCUT2D eigenvalue weighted by atomic mass is 10.2. The third-order valence-electron chi connectivity index (χ3n) is 4.45. The zero-order chi connectivity index (χ0) is 15.5. The van der Waals surface area contributed by atoms with E-state index in [0.29, 0.717) is 18.2 Å². The molecule has 0 radical (unpaired) electrons. The van der Waals surface area contributed by atoms with Gasteiger partial charge in [0, 0.05) is 32.6 Å². The van der Waals surface area contributed by atoms with Gasteiger partial charge in [0.05, 0.1) is 12.7 Å². The molecule has 1 aliphatic carbocycles. The van der Waals surface area contributed by atoms with Gasteiger partial charge in [-0.2, -0.15) is 0 Å². The molecule has 2 aliphatic rings. The lowest BCUT2D eigenvalue weighted by Gasteiger charge is -2.33. The van der Waals surface area contributed by atoms with Gasteiger partial charge in [-0.05, 0) is 37.9 Å². The van der Waals surface area contributed by atoms with E-state index in [2.05, 4.69) is 11.9 Å². The molecule has 3 rings (SSSR count). The molecule has 0 N–H and O–H groups in total. The first-order valence-electron chi connectivity index (χ1n) is 8.34. The molecule has 0 bridgehead atoms. The van der Waals surface area contributed by atoms with Crippen molar-refractivity contribution in [1.29, 1.82) is 0 Å². The second-order valence-corrected chi connectivity index (χ2v) is 6.53. The third kappa shape index (κ3) is 3.90. The topological polar surface area (TPSA) is 45.9 Å². The van der Waals surface area contributed by atoms with E-state index in [4.69, 9.17) is 9.15 Å². The number of rotatable bonds is 6. The Bertz CT molecular complexity index is 510. The fourth-order valence-corrected chi connectivity index (χ4v) is 2.91. The predicted octanol–water partition coefficient (Wildman–Crippen LogP) is 2.02. The number of hydrogen-bond acceptors (Lipinski definition) is 4. The summed E-state index contributed by atoms with van der Waals surface area (Å²) in [6.07, 6.45) is 3.37. The molecular formula is C17H26N2O3. The summed E-state index contributed by atoms with van der Waals surface area (Å²) in [5.41, 5.74) is 0. The van der Waals surface area contributed by atoms with Gasteiger partial charge in [-0.1, -0.05) is 6.92 Å². The van der Waals surface area contributed by atoms with Crippen molar-refractivity contribution in [2.75, 3.05) is 39.8 Å². The first-order chi connectivity index (χ1) is 10.7. The Kier molecular flexibility index (Phi) is 4.84. The Balaban J connectivity index is 1.66. The van der Waals surface area contributed by atoms with Crippen LogP contribution in [0.2, 0.25) is 0 Å². The van der Waals surface area contributed by atoms with Gasteiger partial charge in [0.15, 0.2) is 5.76 Å². The largest absolute Gasteiger partial charge is 0.456 e. The maximum atomic E-state index is 12.8. The maximum Gasteiger partial charge on any atom is 0.289 e. The number of carbonyl (C=O) groups is 1. The SMILES string of the molecule is CCc1ccc(C(=O)N(CC2CC2)C[C@@H]2CN(C)CCO2)o1. The number of likely N-dealkylation sites (N-methyl/N-ethyl adjacent to an activating group) is 1. The van der Waals surface area contributed by atoms with Gasteiger partial charge in [-0.25, -0.2) is 0 Å². The van der Waals surface area contributed by atoms with Gasteiger partial charge >= 0.3 is 0 Å². The Morgan fingerprint density at radius 1 is 1.36 bits per heavy atom. The molecule has 0 spiro atoms. The van der Waals surface area contributed by atoms with Crippen LogP contribution in [0, 0.1) is 5.92 Å². The second kappa shape index (κ2) is 6.84. The van der Waals surface area contributed by atoms with Crippen molar-refractivity contribution in [2.24, 2.45) is 5.92 Å². The van der Waals surface area contributed by atoms with Crippen molar-refractivity contribution in [3.63, 3.8) is 0 Å². The number of hydrogen-bond donors (Lipinski definition) is 0. The normalized spacial score (nSPS) is 22.7. The molecule has 2 heterocycles. The summed E-state index contributed by atoms with van der Waals surface area (Å²) in [6.45, 7) is 6.10. The molecule has 0 unspecified atom stereocenters. The van der Waals surface area contributed by atoms with Crippen LogP contribution < -0.4 is 0 Å². The highest BCUT2D eigenvalue weighted by atomic mass is 16.5. The van der Waals surface area contributed by atoms with Gasteiger partial charge in [0.1, 0.15) is 5.76 Å². The summed E-state index contributed by atoms with van der Waals surface area (Å²) in [6, 6.07) is 3.70. The van der Waals surface area contributed by atoms with E-state index in [-0.39, 0.29) is 12.0 Å². The highest BCUT2D eigenvalue weighted by Crippen LogP contribution is 2.30. The first-order valence-corrected chi connectivity index (χ1v) is 8.34. The third-order valence-corrected chi connectivity index (χ3v) is 4.45. The molecule has 1 aromatic rings. The molecule has 2 fully saturated rings. The quantitative estimate of drug-likeness (QED) is 0.807. The van der Waals surface area contributed by atoms with Crippen molar-refractivity contribution < 1.29 is 13.9 Å². The fourth-order valence-electron chi connectivity index (χ4n) is 2.91. The van der Waals surface area contributed by atoms with Gasteiger partial charge < -0.3 is 19.0 Å². The van der Waals surface area contributed by atoms with Crippen LogP contribution in [0.15, 0.2) is 16.5 Å². The lowest BCUT2D eigenvalue weighted by Crippen LogP contribution is -2.48. The monoisotopic (exact) mass is 306 g/mol. The van der Waals surface area contributed by atoms with E-state index in [1.165, 1.54) is 12.8 Å². The zero-order valence-electron chi connectivity index (χ0n) is 13.6. The Morgan fingerprint density at radius 2 is 2.18 bits per heavy atom. The lowest BCUT2D eigenvalue weighted by molar-refractivity contribution is -0.0334. The van der Waals surface area contributed by atoms with Crippen LogP contribution in [0.5, 0.6) is 0 Å². The second-order valence-electron chi connectivity index (χ2n) is 6.53. The number of ether oxygens (including phenoxy) is 1. The molecule has 1 amide bonds. The highest BCUT2D eigenvalue weighted by molar-refractivity contribution is 5.91. The van der Waals surface area contributed by atoms with Gasteiger partial charge in [-0.3, -0.25) is 4.79 Å². The number of furan rings is 1. The Hall–Kier alpha value is -1.33. The summed E-state index contributed by atoms with van der Waals surface area (Å²) >= 11 is 0. The maximum absolute atomic E-state index is 12.8. The zero-order valence-corrected chi connectivity index (χ0v) is 13.6. The van der Waals surface area contributed by atoms with Crippen molar-refractivity contribution in [3.05, 3.63) is 23.7 Å².